The van der Waals surface area contributed by atoms with E-state index in [-0.39, 0.29) is 0 Å². The Morgan fingerprint density at radius 1 is 1.16 bits per heavy atom. The second-order valence-electron chi connectivity index (χ2n) is 6.38. The molecule has 4 heteroatoms. The van der Waals surface area contributed by atoms with Crippen LogP contribution in [0.25, 0.3) is 0 Å². The SMILES string of the molecule is CC1CC(C)(C)CCC1Nc1c(Cl)cc(Cl)cc1Cl. The molecule has 0 saturated heterocycles. The fraction of sp³-hybridized carbons (Fsp3) is 0.600. The maximum atomic E-state index is 6.23. The second kappa shape index (κ2) is 5.71. The van der Waals surface area contributed by atoms with E-state index < -0.39 is 0 Å². The van der Waals surface area contributed by atoms with Crippen molar-refractivity contribution in [3.63, 3.8) is 0 Å². The van der Waals surface area contributed by atoms with E-state index in [0.717, 1.165) is 12.1 Å². The Bertz CT molecular complexity index is 447. The summed E-state index contributed by atoms with van der Waals surface area (Å²) in [5.41, 5.74) is 1.25. The molecule has 0 spiro atoms. The second-order valence-corrected chi connectivity index (χ2v) is 7.63. The Kier molecular flexibility index (Phi) is 4.59. The minimum Gasteiger partial charge on any atom is -0.380 e. The van der Waals surface area contributed by atoms with Crippen LogP contribution in [0.1, 0.15) is 40.0 Å². The lowest BCUT2D eigenvalue weighted by Gasteiger charge is -2.40. The highest BCUT2D eigenvalue weighted by Gasteiger charge is 2.32. The van der Waals surface area contributed by atoms with E-state index in [1.54, 1.807) is 12.1 Å². The predicted molar refractivity (Wildman–Crippen MR) is 85.7 cm³/mol. The van der Waals surface area contributed by atoms with Gasteiger partial charge in [-0.3, -0.25) is 0 Å². The Labute approximate surface area is 130 Å². The van der Waals surface area contributed by atoms with Gasteiger partial charge >= 0.3 is 0 Å². The zero-order valence-corrected chi connectivity index (χ0v) is 13.8. The van der Waals surface area contributed by atoms with Crippen molar-refractivity contribution >= 4 is 40.5 Å². The van der Waals surface area contributed by atoms with Crippen LogP contribution in [0.3, 0.4) is 0 Å². The van der Waals surface area contributed by atoms with E-state index in [1.807, 2.05) is 0 Å². The van der Waals surface area contributed by atoms with Gasteiger partial charge in [-0.1, -0.05) is 55.6 Å². The summed E-state index contributed by atoms with van der Waals surface area (Å²) in [5.74, 6) is 0.603. The number of rotatable bonds is 2. The highest BCUT2D eigenvalue weighted by atomic mass is 35.5. The third kappa shape index (κ3) is 3.71. The van der Waals surface area contributed by atoms with Crippen molar-refractivity contribution in [2.24, 2.45) is 11.3 Å². The minimum atomic E-state index is 0.421. The predicted octanol–water partition coefficient (Wildman–Crippen LogP) is 6.27. The summed E-state index contributed by atoms with van der Waals surface area (Å²) in [6.45, 7) is 6.96. The van der Waals surface area contributed by atoms with Crippen molar-refractivity contribution < 1.29 is 0 Å². The lowest BCUT2D eigenvalue weighted by molar-refractivity contribution is 0.177. The Balaban J connectivity index is 2.14. The first-order chi connectivity index (χ1) is 8.78. The van der Waals surface area contributed by atoms with Crippen molar-refractivity contribution in [1.82, 2.24) is 0 Å². The topological polar surface area (TPSA) is 12.0 Å². The first-order valence-electron chi connectivity index (χ1n) is 6.69. The monoisotopic (exact) mass is 319 g/mol. The highest BCUT2D eigenvalue weighted by molar-refractivity contribution is 6.41. The van der Waals surface area contributed by atoms with Gasteiger partial charge < -0.3 is 5.32 Å². The maximum Gasteiger partial charge on any atom is 0.0722 e. The summed E-state index contributed by atoms with van der Waals surface area (Å²) in [6.07, 6.45) is 3.58. The summed E-state index contributed by atoms with van der Waals surface area (Å²) in [4.78, 5) is 0. The first-order valence-corrected chi connectivity index (χ1v) is 7.83. The molecule has 0 aliphatic heterocycles. The molecule has 1 aromatic carbocycles. The molecule has 106 valence electrons. The van der Waals surface area contributed by atoms with Crippen LogP contribution >= 0.6 is 34.8 Å². The van der Waals surface area contributed by atoms with Gasteiger partial charge in [0.1, 0.15) is 0 Å². The fourth-order valence-corrected chi connectivity index (χ4v) is 3.95. The number of benzene rings is 1. The van der Waals surface area contributed by atoms with Crippen molar-refractivity contribution in [2.45, 2.75) is 46.1 Å². The van der Waals surface area contributed by atoms with E-state index in [1.165, 1.54) is 12.8 Å². The number of hydrogen-bond acceptors (Lipinski definition) is 1. The van der Waals surface area contributed by atoms with Gasteiger partial charge in [0.25, 0.3) is 0 Å². The summed E-state index contributed by atoms with van der Waals surface area (Å²) in [5, 5.41) is 5.26. The lowest BCUT2D eigenvalue weighted by Crippen LogP contribution is -2.37. The molecule has 2 atom stereocenters. The normalized spacial score (nSPS) is 26.2. The van der Waals surface area contributed by atoms with Crippen LogP contribution in [0, 0.1) is 11.3 Å². The molecule has 19 heavy (non-hydrogen) atoms. The zero-order valence-electron chi connectivity index (χ0n) is 11.6. The number of halogens is 3. The Morgan fingerprint density at radius 3 is 2.26 bits per heavy atom. The molecule has 0 radical (unpaired) electrons. The molecule has 1 N–H and O–H groups in total. The Morgan fingerprint density at radius 2 is 1.74 bits per heavy atom. The van der Waals surface area contributed by atoms with E-state index in [4.69, 9.17) is 34.8 Å². The van der Waals surface area contributed by atoms with Crippen molar-refractivity contribution in [3.05, 3.63) is 27.2 Å². The summed E-state index contributed by atoms with van der Waals surface area (Å²) in [7, 11) is 0. The van der Waals surface area contributed by atoms with Crippen molar-refractivity contribution in [3.8, 4) is 0 Å². The highest BCUT2D eigenvalue weighted by Crippen LogP contribution is 2.41. The zero-order chi connectivity index (χ0) is 14.2. The minimum absolute atomic E-state index is 0.421. The summed E-state index contributed by atoms with van der Waals surface area (Å²) in [6, 6.07) is 3.88. The lowest BCUT2D eigenvalue weighted by atomic mass is 9.70. The average molecular weight is 321 g/mol. The van der Waals surface area contributed by atoms with Crippen LogP contribution in [-0.2, 0) is 0 Å². The molecule has 1 aliphatic carbocycles. The van der Waals surface area contributed by atoms with E-state index in [2.05, 4.69) is 26.1 Å². The molecule has 2 unspecified atom stereocenters. The smallest absolute Gasteiger partial charge is 0.0722 e. The van der Waals surface area contributed by atoms with Gasteiger partial charge in [-0.15, -0.1) is 0 Å². The molecule has 1 aliphatic rings. The average Bonchev–Trinajstić information content (AvgIpc) is 2.24. The summed E-state index contributed by atoms with van der Waals surface area (Å²) < 4.78 is 0. The van der Waals surface area contributed by atoms with E-state index in [9.17, 15) is 0 Å². The van der Waals surface area contributed by atoms with Crippen LogP contribution in [-0.4, -0.2) is 6.04 Å². The molecule has 2 rings (SSSR count). The van der Waals surface area contributed by atoms with E-state index >= 15 is 0 Å². The Hall–Kier alpha value is -0.110. The molecule has 1 fully saturated rings. The number of nitrogens with one attached hydrogen (secondary N) is 1. The van der Waals surface area contributed by atoms with Gasteiger partial charge in [0.2, 0.25) is 0 Å². The van der Waals surface area contributed by atoms with Crippen LogP contribution in [0.2, 0.25) is 15.1 Å². The van der Waals surface area contributed by atoms with Gasteiger partial charge in [0.15, 0.2) is 0 Å². The molecule has 1 saturated carbocycles. The third-order valence-electron chi connectivity index (χ3n) is 4.03. The van der Waals surface area contributed by atoms with Gasteiger partial charge in [-0.05, 0) is 42.7 Å². The molecular formula is C15H20Cl3N. The van der Waals surface area contributed by atoms with Crippen LogP contribution in [0.15, 0.2) is 12.1 Å². The molecule has 0 heterocycles. The van der Waals surface area contributed by atoms with Crippen LogP contribution < -0.4 is 5.32 Å². The van der Waals surface area contributed by atoms with Crippen LogP contribution in [0.5, 0.6) is 0 Å². The van der Waals surface area contributed by atoms with Gasteiger partial charge in [0.05, 0.1) is 15.7 Å². The van der Waals surface area contributed by atoms with Crippen molar-refractivity contribution in [2.75, 3.05) is 5.32 Å². The number of anilines is 1. The van der Waals surface area contributed by atoms with Gasteiger partial charge in [0, 0.05) is 11.1 Å². The third-order valence-corrected chi connectivity index (χ3v) is 4.84. The summed E-state index contributed by atoms with van der Waals surface area (Å²) >= 11 is 18.4. The molecule has 0 amide bonds. The fourth-order valence-electron chi connectivity index (χ4n) is 3.03. The van der Waals surface area contributed by atoms with Crippen LogP contribution in [0.4, 0.5) is 5.69 Å². The quantitative estimate of drug-likeness (QED) is 0.676. The molecular weight excluding hydrogens is 301 g/mol. The molecule has 1 nitrogen and oxygen atoms in total. The van der Waals surface area contributed by atoms with E-state index in [0.29, 0.717) is 32.4 Å². The standard InChI is InChI=1S/C15H20Cl3N/c1-9-8-15(2,3)5-4-13(9)19-14-11(17)6-10(16)7-12(14)18/h6-7,9,13,19H,4-5,8H2,1-3H3. The molecule has 0 bridgehead atoms. The molecule has 0 aromatic heterocycles. The molecule has 1 aromatic rings. The first kappa shape index (κ1) is 15.3. The van der Waals surface area contributed by atoms with Gasteiger partial charge in [-0.25, -0.2) is 0 Å². The van der Waals surface area contributed by atoms with Gasteiger partial charge in [-0.2, -0.15) is 0 Å². The largest absolute Gasteiger partial charge is 0.380 e. The van der Waals surface area contributed by atoms with Crippen molar-refractivity contribution in [1.29, 1.82) is 0 Å². The number of hydrogen-bond donors (Lipinski definition) is 1. The maximum absolute atomic E-state index is 6.23.